The van der Waals surface area contributed by atoms with Crippen LogP contribution in [0.15, 0.2) is 78.2 Å². The summed E-state index contributed by atoms with van der Waals surface area (Å²) in [7, 11) is 1.00. The van der Waals surface area contributed by atoms with Crippen molar-refractivity contribution in [1.29, 1.82) is 0 Å². The van der Waals surface area contributed by atoms with Crippen LogP contribution in [0, 0.1) is 10.8 Å². The summed E-state index contributed by atoms with van der Waals surface area (Å²) >= 11 is 5.88. The van der Waals surface area contributed by atoms with E-state index in [1.54, 1.807) is 6.07 Å². The molecule has 1 N–H and O–H groups in total. The fraction of sp³-hybridized carbons (Fsp3) is 0.452. The number of nitrogens with zero attached hydrogens (tertiary/aromatic N) is 1. The highest BCUT2D eigenvalue weighted by atomic mass is 35.5. The molecule has 8 heteroatoms. The lowest BCUT2D eigenvalue weighted by Gasteiger charge is -2.08. The summed E-state index contributed by atoms with van der Waals surface area (Å²) in [6, 6.07) is 14.9. The number of unbranched alkanes of at least 4 members (excludes halogenated alkanes) is 1. The summed E-state index contributed by atoms with van der Waals surface area (Å²) in [6.07, 6.45) is 17.1. The van der Waals surface area contributed by atoms with E-state index in [1.807, 2.05) is 61.5 Å². The van der Waals surface area contributed by atoms with Crippen molar-refractivity contribution in [2.75, 3.05) is 13.7 Å². The molecule has 0 unspecified atom stereocenters. The lowest BCUT2D eigenvalue weighted by Crippen LogP contribution is -2.06. The third-order valence-corrected chi connectivity index (χ3v) is 6.16. The summed E-state index contributed by atoms with van der Waals surface area (Å²) in [5.74, 6) is 1.45. The van der Waals surface area contributed by atoms with Crippen molar-refractivity contribution in [3.63, 3.8) is 0 Å². The molecule has 2 aromatic rings. The maximum atomic E-state index is 11.6. The summed E-state index contributed by atoms with van der Waals surface area (Å²) in [4.78, 5) is 26.0. The number of carbonyl (C=O) groups is 1. The number of ether oxygens (including phenoxy) is 2. The van der Waals surface area contributed by atoms with Crippen molar-refractivity contribution in [3.8, 4) is 5.75 Å². The Labute approximate surface area is 237 Å². The summed E-state index contributed by atoms with van der Waals surface area (Å²) in [5.41, 5.74) is 1.60. The monoisotopic (exact) mass is 559 g/mol. The predicted octanol–water partition coefficient (Wildman–Crippen LogP) is 8.14. The number of allylic oxidation sites excluding steroid dienone is 3. The second-order valence-electron chi connectivity index (χ2n) is 8.81. The van der Waals surface area contributed by atoms with Crippen LogP contribution < -0.4 is 4.74 Å². The van der Waals surface area contributed by atoms with E-state index in [0.717, 1.165) is 60.8 Å². The molecule has 0 atom stereocenters. The van der Waals surface area contributed by atoms with Gasteiger partial charge in [0.15, 0.2) is 5.34 Å². The van der Waals surface area contributed by atoms with Gasteiger partial charge in [-0.1, -0.05) is 79.1 Å². The van der Waals surface area contributed by atoms with Gasteiger partial charge in [-0.05, 0) is 74.3 Å². The molecule has 1 aliphatic carbocycles. The van der Waals surface area contributed by atoms with E-state index in [9.17, 15) is 9.70 Å². The van der Waals surface area contributed by atoms with Crippen LogP contribution in [0.5, 0.6) is 5.75 Å². The number of hydrogen-bond acceptors (Lipinski definition) is 7. The number of rotatable bonds is 14. The molecular weight excluding hydrogens is 518 g/mol. The zero-order chi connectivity index (χ0) is 28.6. The van der Waals surface area contributed by atoms with Crippen LogP contribution in [0.1, 0.15) is 69.4 Å². The van der Waals surface area contributed by atoms with Crippen LogP contribution in [0.25, 0.3) is 0 Å². The number of benzene rings is 2. The average Bonchev–Trinajstić information content (AvgIpc) is 3.48. The Balaban J connectivity index is 0.000000370. The third-order valence-electron chi connectivity index (χ3n) is 5.92. The minimum atomic E-state index is -0.223. The van der Waals surface area contributed by atoms with E-state index >= 15 is 0 Å². The van der Waals surface area contributed by atoms with Crippen molar-refractivity contribution < 1.29 is 24.2 Å². The summed E-state index contributed by atoms with van der Waals surface area (Å²) in [6.45, 7) is 2.94. The SMILES string of the molecule is C/C=C\CCCC(=O)OCc1ccccc1CON=O.CO.Clc1cccc(OCC/C=C/C2CCCC2)c1. The van der Waals surface area contributed by atoms with Crippen molar-refractivity contribution in [2.24, 2.45) is 11.3 Å². The minimum Gasteiger partial charge on any atom is -0.493 e. The standard InChI is InChI=1S/C15H19ClO.C15H19NO4.CH4O/c16-14-9-5-10-15(12-14)17-11-4-3-8-13-6-1-2-7-13;1-2-3-4-5-10-15(17)19-11-13-8-6-7-9-14(13)12-20-16-18;1-2/h3,5,8-10,12-13H,1-2,4,6-7,11H2;2-3,6-9H,4-5,10-12H2,1H3;2H,1H3/b8-3+;3-2-;. The molecule has 0 saturated heterocycles. The van der Waals surface area contributed by atoms with Crippen LogP contribution in [-0.4, -0.2) is 24.8 Å². The van der Waals surface area contributed by atoms with Gasteiger partial charge in [0.2, 0.25) is 0 Å². The van der Waals surface area contributed by atoms with Crippen molar-refractivity contribution in [2.45, 2.75) is 71.5 Å². The highest BCUT2D eigenvalue weighted by Crippen LogP contribution is 2.25. The van der Waals surface area contributed by atoms with Gasteiger partial charge < -0.3 is 19.4 Å². The molecule has 0 spiro atoms. The van der Waals surface area contributed by atoms with Gasteiger partial charge in [-0.3, -0.25) is 4.79 Å². The molecule has 1 aliphatic rings. The Hall–Kier alpha value is -3.16. The zero-order valence-corrected chi connectivity index (χ0v) is 23.9. The van der Waals surface area contributed by atoms with Gasteiger partial charge in [0.1, 0.15) is 19.0 Å². The number of esters is 1. The normalized spacial score (nSPS) is 12.8. The first-order valence-corrected chi connectivity index (χ1v) is 13.8. The Morgan fingerprint density at radius 1 is 1.03 bits per heavy atom. The summed E-state index contributed by atoms with van der Waals surface area (Å²) < 4.78 is 10.8. The predicted molar refractivity (Wildman–Crippen MR) is 156 cm³/mol. The van der Waals surface area contributed by atoms with Crippen LogP contribution in [-0.2, 0) is 27.6 Å². The van der Waals surface area contributed by atoms with Gasteiger partial charge in [0, 0.05) is 18.6 Å². The number of halogens is 1. The average molecular weight is 560 g/mol. The van der Waals surface area contributed by atoms with Gasteiger partial charge in [0.25, 0.3) is 0 Å². The number of hydrogen-bond donors (Lipinski definition) is 1. The first kappa shape index (κ1) is 33.9. The highest BCUT2D eigenvalue weighted by Gasteiger charge is 2.10. The third kappa shape index (κ3) is 16.4. The number of aliphatic hydroxyl groups is 1. The molecule has 3 rings (SSSR count). The van der Waals surface area contributed by atoms with E-state index in [1.165, 1.54) is 25.7 Å². The quantitative estimate of drug-likeness (QED) is 0.0825. The molecule has 0 heterocycles. The highest BCUT2D eigenvalue weighted by molar-refractivity contribution is 6.30. The van der Waals surface area contributed by atoms with Crippen molar-refractivity contribution >= 4 is 17.6 Å². The molecule has 214 valence electrons. The maximum Gasteiger partial charge on any atom is 0.306 e. The molecule has 39 heavy (non-hydrogen) atoms. The van der Waals surface area contributed by atoms with Crippen molar-refractivity contribution in [1.82, 2.24) is 0 Å². The van der Waals surface area contributed by atoms with E-state index in [0.29, 0.717) is 6.42 Å². The van der Waals surface area contributed by atoms with E-state index in [4.69, 9.17) is 26.2 Å². The maximum absolute atomic E-state index is 11.6. The van der Waals surface area contributed by atoms with Gasteiger partial charge in [-0.25, -0.2) is 0 Å². The molecule has 1 fully saturated rings. The largest absolute Gasteiger partial charge is 0.493 e. The van der Waals surface area contributed by atoms with E-state index in [2.05, 4.69) is 22.3 Å². The Morgan fingerprint density at radius 2 is 1.74 bits per heavy atom. The lowest BCUT2D eigenvalue weighted by molar-refractivity contribution is -0.145. The Morgan fingerprint density at radius 3 is 2.41 bits per heavy atom. The fourth-order valence-corrected chi connectivity index (χ4v) is 4.12. The molecule has 0 bridgehead atoms. The van der Waals surface area contributed by atoms with Crippen LogP contribution in [0.4, 0.5) is 0 Å². The van der Waals surface area contributed by atoms with Gasteiger partial charge in [0.05, 0.1) is 6.61 Å². The van der Waals surface area contributed by atoms with E-state index in [-0.39, 0.29) is 19.2 Å². The molecule has 2 aromatic carbocycles. The van der Waals surface area contributed by atoms with E-state index < -0.39 is 0 Å². The van der Waals surface area contributed by atoms with Gasteiger partial charge in [-0.15, -0.1) is 4.91 Å². The molecule has 1 saturated carbocycles. The molecule has 0 aliphatic heterocycles. The second-order valence-corrected chi connectivity index (χ2v) is 9.24. The van der Waals surface area contributed by atoms with Crippen LogP contribution in [0.2, 0.25) is 5.02 Å². The first-order chi connectivity index (χ1) is 19.1. The lowest BCUT2D eigenvalue weighted by atomic mass is 10.1. The van der Waals surface area contributed by atoms with Crippen LogP contribution >= 0.6 is 11.6 Å². The first-order valence-electron chi connectivity index (χ1n) is 13.4. The minimum absolute atomic E-state index is 0.0819. The van der Waals surface area contributed by atoms with Crippen molar-refractivity contribution in [3.05, 3.63) is 93.9 Å². The second kappa shape index (κ2) is 22.8. The smallest absolute Gasteiger partial charge is 0.306 e. The number of carbonyl (C=O) groups excluding carboxylic acids is 1. The Kier molecular flexibility index (Phi) is 19.8. The molecule has 0 aromatic heterocycles. The topological polar surface area (TPSA) is 94.4 Å². The number of aliphatic hydroxyl groups excluding tert-OH is 1. The van der Waals surface area contributed by atoms with Crippen LogP contribution in [0.3, 0.4) is 0 Å². The molecule has 7 nitrogen and oxygen atoms in total. The summed E-state index contributed by atoms with van der Waals surface area (Å²) in [5, 5.41) is 10.1. The molecule has 0 radical (unpaired) electrons. The fourth-order valence-electron chi connectivity index (χ4n) is 3.94. The molecular formula is C31H42ClNO6. The van der Waals surface area contributed by atoms with Gasteiger partial charge in [-0.2, -0.15) is 0 Å². The molecule has 0 amide bonds. The zero-order valence-electron chi connectivity index (χ0n) is 23.1. The van der Waals surface area contributed by atoms with Gasteiger partial charge >= 0.3 is 5.97 Å². The Bertz CT molecular complexity index is 989.